The number of nitrogens with zero attached hydrogens (tertiary/aromatic N) is 1. The van der Waals surface area contributed by atoms with Gasteiger partial charge in [-0.15, -0.1) is 0 Å². The van der Waals surface area contributed by atoms with Crippen LogP contribution in [0.5, 0.6) is 0 Å². The van der Waals surface area contributed by atoms with Gasteiger partial charge < -0.3 is 5.11 Å². The van der Waals surface area contributed by atoms with Crippen molar-refractivity contribution in [3.8, 4) is 6.07 Å². The average molecular weight is 237 g/mol. The zero-order chi connectivity index (χ0) is 13.1. The molecule has 0 amide bonds. The first-order chi connectivity index (χ1) is 7.88. The molecule has 1 atom stereocenters. The van der Waals surface area contributed by atoms with E-state index in [-0.39, 0.29) is 0 Å². The highest BCUT2D eigenvalue weighted by atomic mass is 16.3. The van der Waals surface area contributed by atoms with Crippen LogP contribution in [-0.2, 0) is 0 Å². The summed E-state index contributed by atoms with van der Waals surface area (Å²) in [6, 6.07) is 2.45. The maximum absolute atomic E-state index is 10.6. The first-order valence-corrected chi connectivity index (χ1v) is 7.02. The molecule has 2 nitrogen and oxygen atoms in total. The van der Waals surface area contributed by atoms with E-state index in [4.69, 9.17) is 0 Å². The minimum absolute atomic E-state index is 0.506. The van der Waals surface area contributed by atoms with Crippen molar-refractivity contribution < 1.29 is 5.11 Å². The van der Waals surface area contributed by atoms with Crippen molar-refractivity contribution in [2.24, 2.45) is 17.3 Å². The molecule has 0 aliphatic heterocycles. The SMILES string of the molecule is CCCC(C)(O)C1(C#N)CCC(C(C)C)CC1. The van der Waals surface area contributed by atoms with Crippen LogP contribution in [0.3, 0.4) is 0 Å². The molecule has 17 heavy (non-hydrogen) atoms. The number of hydrogen-bond donors (Lipinski definition) is 1. The summed E-state index contributed by atoms with van der Waals surface area (Å²) in [6.45, 7) is 8.44. The van der Waals surface area contributed by atoms with Crippen LogP contribution in [0.1, 0.15) is 66.2 Å². The molecule has 0 spiro atoms. The summed E-state index contributed by atoms with van der Waals surface area (Å²) in [7, 11) is 0. The van der Waals surface area contributed by atoms with Crippen LogP contribution >= 0.6 is 0 Å². The lowest BCUT2D eigenvalue weighted by atomic mass is 9.60. The highest BCUT2D eigenvalue weighted by Gasteiger charge is 2.48. The molecule has 1 aliphatic rings. The van der Waals surface area contributed by atoms with Crippen LogP contribution in [0.25, 0.3) is 0 Å². The molecule has 0 bridgehead atoms. The van der Waals surface area contributed by atoms with Gasteiger partial charge in [-0.25, -0.2) is 0 Å². The van der Waals surface area contributed by atoms with Crippen molar-refractivity contribution in [2.75, 3.05) is 0 Å². The molecule has 0 aromatic heterocycles. The van der Waals surface area contributed by atoms with E-state index in [0.717, 1.165) is 44.4 Å². The van der Waals surface area contributed by atoms with Gasteiger partial charge in [-0.2, -0.15) is 5.26 Å². The molecule has 1 rings (SSSR count). The molecule has 1 aliphatic carbocycles. The Morgan fingerprint density at radius 3 is 2.29 bits per heavy atom. The fourth-order valence-corrected chi connectivity index (χ4v) is 3.30. The van der Waals surface area contributed by atoms with Gasteiger partial charge in [0.05, 0.1) is 17.1 Å². The predicted octanol–water partition coefficient (Wildman–Crippen LogP) is 3.89. The second-order valence-electron chi connectivity index (χ2n) is 6.30. The van der Waals surface area contributed by atoms with Crippen molar-refractivity contribution >= 4 is 0 Å². The van der Waals surface area contributed by atoms with Crippen LogP contribution in [0.2, 0.25) is 0 Å². The monoisotopic (exact) mass is 237 g/mol. The third-order valence-electron chi connectivity index (χ3n) is 4.81. The number of hydrogen-bond acceptors (Lipinski definition) is 2. The topological polar surface area (TPSA) is 44.0 Å². The molecular weight excluding hydrogens is 210 g/mol. The second kappa shape index (κ2) is 5.40. The van der Waals surface area contributed by atoms with Gasteiger partial charge >= 0.3 is 0 Å². The Balaban J connectivity index is 2.78. The third kappa shape index (κ3) is 2.83. The zero-order valence-electron chi connectivity index (χ0n) is 11.8. The maximum Gasteiger partial charge on any atom is 0.0857 e. The van der Waals surface area contributed by atoms with E-state index in [1.54, 1.807) is 0 Å². The smallest absolute Gasteiger partial charge is 0.0857 e. The average Bonchev–Trinajstić information content (AvgIpc) is 2.28. The number of nitriles is 1. The van der Waals surface area contributed by atoms with Gasteiger partial charge in [-0.1, -0.05) is 27.2 Å². The predicted molar refractivity (Wildman–Crippen MR) is 70.4 cm³/mol. The van der Waals surface area contributed by atoms with E-state index >= 15 is 0 Å². The third-order valence-corrected chi connectivity index (χ3v) is 4.81. The molecule has 0 heterocycles. The normalized spacial score (nSPS) is 33.1. The van der Waals surface area contributed by atoms with Crippen molar-refractivity contribution in [3.63, 3.8) is 0 Å². The Morgan fingerprint density at radius 2 is 1.94 bits per heavy atom. The quantitative estimate of drug-likeness (QED) is 0.806. The van der Waals surface area contributed by atoms with E-state index in [2.05, 4.69) is 26.8 Å². The van der Waals surface area contributed by atoms with Gasteiger partial charge in [0.15, 0.2) is 0 Å². The van der Waals surface area contributed by atoms with Crippen LogP contribution in [0, 0.1) is 28.6 Å². The molecule has 98 valence electrons. The molecular formula is C15H27NO. The molecule has 2 heteroatoms. The van der Waals surface area contributed by atoms with Crippen LogP contribution in [0.15, 0.2) is 0 Å². The van der Waals surface area contributed by atoms with E-state index in [0.29, 0.717) is 5.92 Å². The number of aliphatic hydroxyl groups is 1. The molecule has 1 saturated carbocycles. The minimum Gasteiger partial charge on any atom is -0.389 e. The van der Waals surface area contributed by atoms with Crippen molar-refractivity contribution in [2.45, 2.75) is 71.8 Å². The van der Waals surface area contributed by atoms with Crippen molar-refractivity contribution in [1.29, 1.82) is 5.26 Å². The van der Waals surface area contributed by atoms with Gasteiger partial charge in [0.1, 0.15) is 0 Å². The molecule has 1 fully saturated rings. The lowest BCUT2D eigenvalue weighted by molar-refractivity contribution is -0.0723. The Labute approximate surface area is 106 Å². The molecule has 0 saturated heterocycles. The first kappa shape index (κ1) is 14.5. The molecule has 0 aromatic rings. The number of rotatable bonds is 4. The molecule has 1 N–H and O–H groups in total. The summed E-state index contributed by atoms with van der Waals surface area (Å²) < 4.78 is 0. The van der Waals surface area contributed by atoms with E-state index < -0.39 is 11.0 Å². The standard InChI is InChI=1S/C15H27NO/c1-5-8-14(4,17)15(11-16)9-6-13(7-10-15)12(2)3/h12-13,17H,5-10H2,1-4H3. The fourth-order valence-electron chi connectivity index (χ4n) is 3.30. The van der Waals surface area contributed by atoms with Crippen LogP contribution < -0.4 is 0 Å². The molecule has 1 unspecified atom stereocenters. The minimum atomic E-state index is -0.821. The molecule has 0 aromatic carbocycles. The summed E-state index contributed by atoms with van der Waals surface area (Å²) in [5.74, 6) is 1.43. The van der Waals surface area contributed by atoms with Gasteiger partial charge in [0.2, 0.25) is 0 Å². The second-order valence-corrected chi connectivity index (χ2v) is 6.30. The van der Waals surface area contributed by atoms with Crippen molar-refractivity contribution in [1.82, 2.24) is 0 Å². The Hall–Kier alpha value is -0.550. The Kier molecular flexibility index (Phi) is 4.61. The van der Waals surface area contributed by atoms with Gasteiger partial charge in [-0.05, 0) is 50.9 Å². The first-order valence-electron chi connectivity index (χ1n) is 7.02. The van der Waals surface area contributed by atoms with Gasteiger partial charge in [-0.3, -0.25) is 0 Å². The van der Waals surface area contributed by atoms with E-state index in [1.807, 2.05) is 6.92 Å². The Morgan fingerprint density at radius 1 is 1.41 bits per heavy atom. The van der Waals surface area contributed by atoms with Crippen LogP contribution in [-0.4, -0.2) is 10.7 Å². The summed E-state index contributed by atoms with van der Waals surface area (Å²) in [6.07, 6.45) is 5.56. The largest absolute Gasteiger partial charge is 0.389 e. The summed E-state index contributed by atoms with van der Waals surface area (Å²) in [4.78, 5) is 0. The zero-order valence-corrected chi connectivity index (χ0v) is 11.8. The van der Waals surface area contributed by atoms with E-state index in [1.165, 1.54) is 0 Å². The summed E-state index contributed by atoms with van der Waals surface area (Å²) >= 11 is 0. The van der Waals surface area contributed by atoms with E-state index in [9.17, 15) is 10.4 Å². The summed E-state index contributed by atoms with van der Waals surface area (Å²) in [5, 5.41) is 20.1. The van der Waals surface area contributed by atoms with Gasteiger partial charge in [0.25, 0.3) is 0 Å². The highest BCUT2D eigenvalue weighted by Crippen LogP contribution is 2.49. The lowest BCUT2D eigenvalue weighted by Crippen LogP contribution is -2.47. The summed E-state index contributed by atoms with van der Waals surface area (Å²) in [5.41, 5.74) is -1.33. The maximum atomic E-state index is 10.6. The van der Waals surface area contributed by atoms with Crippen molar-refractivity contribution in [3.05, 3.63) is 0 Å². The highest BCUT2D eigenvalue weighted by molar-refractivity contribution is 5.11. The van der Waals surface area contributed by atoms with Gasteiger partial charge in [0, 0.05) is 0 Å². The Bertz CT molecular complexity index is 280. The fraction of sp³-hybridized carbons (Fsp3) is 0.933. The lowest BCUT2D eigenvalue weighted by Gasteiger charge is -2.45. The molecule has 0 radical (unpaired) electrons. The van der Waals surface area contributed by atoms with Crippen LogP contribution in [0.4, 0.5) is 0 Å².